The molecule has 0 atom stereocenters. The van der Waals surface area contributed by atoms with Crippen molar-refractivity contribution >= 4 is 28.6 Å². The van der Waals surface area contributed by atoms with Crippen molar-refractivity contribution in [1.29, 1.82) is 5.26 Å². The van der Waals surface area contributed by atoms with Gasteiger partial charge >= 0.3 is 0 Å². The van der Waals surface area contributed by atoms with Gasteiger partial charge in [-0.25, -0.2) is 9.97 Å². The molecule has 0 fully saturated rings. The number of nitriles is 1. The minimum Gasteiger partial charge on any atom is -0.360 e. The van der Waals surface area contributed by atoms with Crippen LogP contribution in [0.3, 0.4) is 0 Å². The molecule has 1 aromatic carbocycles. The first kappa shape index (κ1) is 10.7. The first-order chi connectivity index (χ1) is 7.72. The maximum atomic E-state index is 8.72. The van der Waals surface area contributed by atoms with Crippen molar-refractivity contribution in [1.82, 2.24) is 9.97 Å². The molecule has 1 heterocycles. The predicted octanol–water partition coefficient (Wildman–Crippen LogP) is 2.27. The summed E-state index contributed by atoms with van der Waals surface area (Å²) in [5, 5.41) is 11.4. The number of hydrogen-bond donors (Lipinski definition) is 0. The van der Waals surface area contributed by atoms with Gasteiger partial charge in [0, 0.05) is 25.9 Å². The lowest BCUT2D eigenvalue weighted by atomic mass is 10.3. The van der Waals surface area contributed by atoms with E-state index in [1.165, 1.54) is 0 Å². The molecule has 0 aliphatic carbocycles. The molecule has 0 saturated carbocycles. The molecule has 80 valence electrons. The van der Waals surface area contributed by atoms with E-state index in [4.69, 9.17) is 5.26 Å². The molecule has 0 aliphatic heterocycles. The smallest absolute Gasteiger partial charge is 0.162 e. The van der Waals surface area contributed by atoms with Gasteiger partial charge in [-0.3, -0.25) is 0 Å². The Labute approximate surface area is 97.9 Å². The predicted molar refractivity (Wildman–Crippen MR) is 65.3 cm³/mol. The Hall–Kier alpha value is -1.80. The Morgan fingerprint density at radius 2 is 1.81 bits per heavy atom. The molecular weight excluding hydrogens is 220 g/mol. The van der Waals surface area contributed by atoms with Gasteiger partial charge in [0.2, 0.25) is 0 Å². The fraction of sp³-hybridized carbons (Fsp3) is 0.182. The van der Waals surface area contributed by atoms with Crippen LogP contribution in [0.5, 0.6) is 0 Å². The van der Waals surface area contributed by atoms with Crippen molar-refractivity contribution in [2.24, 2.45) is 0 Å². The second-order valence-electron chi connectivity index (χ2n) is 3.43. The second kappa shape index (κ2) is 4.37. The molecular formula is C11H10N4S. The lowest BCUT2D eigenvalue weighted by Gasteiger charge is -2.14. The van der Waals surface area contributed by atoms with Crippen molar-refractivity contribution < 1.29 is 0 Å². The number of aromatic nitrogens is 2. The van der Waals surface area contributed by atoms with E-state index in [0.717, 1.165) is 28.6 Å². The van der Waals surface area contributed by atoms with Gasteiger partial charge in [-0.1, -0.05) is 12.1 Å². The maximum absolute atomic E-state index is 8.72. The zero-order valence-electron chi connectivity index (χ0n) is 9.01. The van der Waals surface area contributed by atoms with Crippen molar-refractivity contribution in [3.63, 3.8) is 0 Å². The molecule has 0 spiro atoms. The van der Waals surface area contributed by atoms with E-state index < -0.39 is 0 Å². The van der Waals surface area contributed by atoms with Crippen LogP contribution in [0.15, 0.2) is 29.3 Å². The van der Waals surface area contributed by atoms with Gasteiger partial charge in [0.25, 0.3) is 0 Å². The number of benzene rings is 1. The van der Waals surface area contributed by atoms with E-state index in [0.29, 0.717) is 5.03 Å². The summed E-state index contributed by atoms with van der Waals surface area (Å²) in [5.41, 5.74) is 1.65. The number of nitrogens with zero attached hydrogens (tertiary/aromatic N) is 4. The van der Waals surface area contributed by atoms with E-state index >= 15 is 0 Å². The quantitative estimate of drug-likeness (QED) is 0.585. The number of para-hydroxylation sites is 2. The molecule has 4 nitrogen and oxygen atoms in total. The zero-order valence-corrected chi connectivity index (χ0v) is 9.82. The zero-order chi connectivity index (χ0) is 11.5. The Kier molecular flexibility index (Phi) is 2.93. The third kappa shape index (κ3) is 1.92. The SMILES string of the molecule is CN(C)c1nc2ccccc2nc1SC#N. The van der Waals surface area contributed by atoms with Gasteiger partial charge in [-0.2, -0.15) is 5.26 Å². The summed E-state index contributed by atoms with van der Waals surface area (Å²) < 4.78 is 0. The van der Waals surface area contributed by atoms with Crippen molar-refractivity contribution in [2.45, 2.75) is 5.03 Å². The van der Waals surface area contributed by atoms with Crippen LogP contribution in [-0.4, -0.2) is 24.1 Å². The molecule has 2 aromatic rings. The van der Waals surface area contributed by atoms with Crippen LogP contribution in [0, 0.1) is 10.7 Å². The first-order valence-electron chi connectivity index (χ1n) is 4.72. The average molecular weight is 230 g/mol. The Balaban J connectivity index is 2.67. The molecule has 0 radical (unpaired) electrons. The number of fused-ring (bicyclic) bond motifs is 1. The summed E-state index contributed by atoms with van der Waals surface area (Å²) >= 11 is 1.04. The monoisotopic (exact) mass is 230 g/mol. The van der Waals surface area contributed by atoms with Gasteiger partial charge in [0.15, 0.2) is 10.8 Å². The number of thiocyanates is 1. The van der Waals surface area contributed by atoms with Crippen molar-refractivity contribution in [2.75, 3.05) is 19.0 Å². The van der Waals surface area contributed by atoms with E-state index in [9.17, 15) is 0 Å². The molecule has 1 aromatic heterocycles. The number of rotatable bonds is 2. The van der Waals surface area contributed by atoms with Crippen molar-refractivity contribution in [3.8, 4) is 5.40 Å². The van der Waals surface area contributed by atoms with Crippen LogP contribution in [-0.2, 0) is 0 Å². The molecule has 0 amide bonds. The van der Waals surface area contributed by atoms with Crippen LogP contribution in [0.1, 0.15) is 0 Å². The van der Waals surface area contributed by atoms with Gasteiger partial charge in [0.1, 0.15) is 5.40 Å². The first-order valence-corrected chi connectivity index (χ1v) is 5.54. The van der Waals surface area contributed by atoms with Crippen LogP contribution in [0.2, 0.25) is 0 Å². The summed E-state index contributed by atoms with van der Waals surface area (Å²) in [6.45, 7) is 0. The van der Waals surface area contributed by atoms with Gasteiger partial charge < -0.3 is 4.90 Å². The lowest BCUT2D eigenvalue weighted by Crippen LogP contribution is -2.12. The second-order valence-corrected chi connectivity index (χ2v) is 4.20. The molecule has 16 heavy (non-hydrogen) atoms. The summed E-state index contributed by atoms with van der Waals surface area (Å²) in [6.07, 6.45) is 0. The average Bonchev–Trinajstić information content (AvgIpc) is 2.28. The standard InChI is InChI=1S/C11H10N4S/c1-15(2)10-11(16-7-12)14-9-6-4-3-5-8(9)13-10/h3-6H,1-2H3. The topological polar surface area (TPSA) is 52.8 Å². The van der Waals surface area contributed by atoms with Crippen molar-refractivity contribution in [3.05, 3.63) is 24.3 Å². The molecule has 0 bridgehead atoms. The largest absolute Gasteiger partial charge is 0.360 e. The molecule has 0 saturated heterocycles. The fourth-order valence-corrected chi connectivity index (χ4v) is 1.93. The summed E-state index contributed by atoms with van der Waals surface area (Å²) in [4.78, 5) is 10.8. The maximum Gasteiger partial charge on any atom is 0.162 e. The molecule has 5 heteroatoms. The normalized spacial score (nSPS) is 10.1. The van der Waals surface area contributed by atoms with Crippen LogP contribution in [0.4, 0.5) is 5.82 Å². The minimum absolute atomic E-state index is 0.645. The van der Waals surface area contributed by atoms with E-state index in [1.54, 1.807) is 0 Å². The summed E-state index contributed by atoms with van der Waals surface area (Å²) in [6, 6.07) is 7.64. The van der Waals surface area contributed by atoms with E-state index in [2.05, 4.69) is 9.97 Å². The third-order valence-corrected chi connectivity index (χ3v) is 2.65. The highest BCUT2D eigenvalue weighted by Gasteiger charge is 2.10. The Morgan fingerprint density at radius 1 is 1.19 bits per heavy atom. The Bertz CT molecular complexity index is 559. The lowest BCUT2D eigenvalue weighted by molar-refractivity contribution is 0.999. The van der Waals surface area contributed by atoms with Crippen LogP contribution in [0.25, 0.3) is 11.0 Å². The highest BCUT2D eigenvalue weighted by atomic mass is 32.2. The van der Waals surface area contributed by atoms with Gasteiger partial charge in [-0.05, 0) is 12.1 Å². The van der Waals surface area contributed by atoms with Gasteiger partial charge in [-0.15, -0.1) is 0 Å². The summed E-state index contributed by atoms with van der Waals surface area (Å²) in [5.74, 6) is 0.727. The highest BCUT2D eigenvalue weighted by Crippen LogP contribution is 2.26. The number of thioether (sulfide) groups is 1. The molecule has 0 aliphatic rings. The third-order valence-electron chi connectivity index (χ3n) is 2.09. The fourth-order valence-electron chi connectivity index (χ4n) is 1.38. The van der Waals surface area contributed by atoms with Crippen LogP contribution < -0.4 is 4.90 Å². The molecule has 0 N–H and O–H groups in total. The van der Waals surface area contributed by atoms with E-state index in [1.807, 2.05) is 48.7 Å². The van der Waals surface area contributed by atoms with Gasteiger partial charge in [0.05, 0.1) is 11.0 Å². The summed E-state index contributed by atoms with van der Waals surface area (Å²) in [7, 11) is 3.78. The van der Waals surface area contributed by atoms with Crippen LogP contribution >= 0.6 is 11.8 Å². The number of hydrogen-bond acceptors (Lipinski definition) is 5. The highest BCUT2D eigenvalue weighted by molar-refractivity contribution is 8.03. The molecule has 2 rings (SSSR count). The minimum atomic E-state index is 0.645. The Morgan fingerprint density at radius 3 is 2.38 bits per heavy atom. The van der Waals surface area contributed by atoms with E-state index in [-0.39, 0.29) is 0 Å². The number of anilines is 1. The molecule has 0 unspecified atom stereocenters.